The Labute approximate surface area is 111 Å². The van der Waals surface area contributed by atoms with Crippen molar-refractivity contribution < 1.29 is 22.0 Å². The van der Waals surface area contributed by atoms with Crippen molar-refractivity contribution in [2.75, 3.05) is 5.88 Å². The second-order valence-electron chi connectivity index (χ2n) is 3.75. The molecular weight excluding hydrogens is 286 g/mol. The van der Waals surface area contributed by atoms with Gasteiger partial charge in [0, 0.05) is 12.3 Å². The average Bonchev–Trinajstić information content (AvgIpc) is 2.77. The maximum absolute atomic E-state index is 13.6. The van der Waals surface area contributed by atoms with Crippen LogP contribution in [0.3, 0.4) is 0 Å². The van der Waals surface area contributed by atoms with Gasteiger partial charge >= 0.3 is 6.18 Å². The fourth-order valence-electron chi connectivity index (χ4n) is 1.52. The van der Waals surface area contributed by atoms with Crippen molar-refractivity contribution in [2.24, 2.45) is 0 Å². The van der Waals surface area contributed by atoms with Crippen LogP contribution < -0.4 is 0 Å². The number of hydrogen-bond acceptors (Lipinski definition) is 2. The van der Waals surface area contributed by atoms with Crippen molar-refractivity contribution in [3.63, 3.8) is 0 Å². The molecule has 102 valence electrons. The quantitative estimate of drug-likeness (QED) is 0.623. The lowest BCUT2D eigenvalue weighted by molar-refractivity contribution is -0.137. The molecule has 0 radical (unpaired) electrons. The maximum atomic E-state index is 13.6. The summed E-state index contributed by atoms with van der Waals surface area (Å²) in [5.74, 6) is -0.350. The second kappa shape index (κ2) is 5.21. The molecule has 0 aliphatic carbocycles. The third kappa shape index (κ3) is 3.07. The van der Waals surface area contributed by atoms with Crippen LogP contribution in [0.2, 0.25) is 0 Å². The third-order valence-corrected chi connectivity index (χ3v) is 2.61. The minimum absolute atomic E-state index is 0.0521. The minimum Gasteiger partial charge on any atom is -0.441 e. The van der Waals surface area contributed by atoms with Gasteiger partial charge in [0.1, 0.15) is 5.82 Å². The molecule has 2 rings (SSSR count). The third-order valence-electron chi connectivity index (χ3n) is 2.42. The number of oxazole rings is 1. The molecule has 0 saturated carbocycles. The maximum Gasteiger partial charge on any atom is 0.416 e. The molecule has 0 spiro atoms. The van der Waals surface area contributed by atoms with E-state index < -0.39 is 17.6 Å². The SMILES string of the molecule is Fc1ccc(C(F)(F)F)cc1-c1cnc(CCCl)o1. The van der Waals surface area contributed by atoms with Crippen molar-refractivity contribution in [3.8, 4) is 11.3 Å². The highest BCUT2D eigenvalue weighted by Gasteiger charge is 2.31. The summed E-state index contributed by atoms with van der Waals surface area (Å²) >= 11 is 5.48. The van der Waals surface area contributed by atoms with Gasteiger partial charge in [-0.15, -0.1) is 11.6 Å². The monoisotopic (exact) mass is 293 g/mol. The Hall–Kier alpha value is -1.56. The van der Waals surface area contributed by atoms with E-state index in [9.17, 15) is 17.6 Å². The second-order valence-corrected chi connectivity index (χ2v) is 4.13. The molecular formula is C12H8ClF4NO. The Morgan fingerprint density at radius 2 is 2.00 bits per heavy atom. The van der Waals surface area contributed by atoms with E-state index in [-0.39, 0.29) is 23.1 Å². The first-order valence-electron chi connectivity index (χ1n) is 5.29. The summed E-state index contributed by atoms with van der Waals surface area (Å²) < 4.78 is 56.4. The molecule has 0 aliphatic rings. The molecule has 2 aromatic rings. The van der Waals surface area contributed by atoms with Crippen LogP contribution in [-0.2, 0) is 12.6 Å². The number of aryl methyl sites for hydroxylation is 1. The summed E-state index contributed by atoms with van der Waals surface area (Å²) in [6.45, 7) is 0. The lowest BCUT2D eigenvalue weighted by atomic mass is 10.1. The standard InChI is InChI=1S/C12H8ClF4NO/c13-4-3-11-18-6-10(19-11)8-5-7(12(15,16)17)1-2-9(8)14/h1-2,5-6H,3-4H2. The highest BCUT2D eigenvalue weighted by molar-refractivity contribution is 6.17. The molecule has 0 saturated heterocycles. The largest absolute Gasteiger partial charge is 0.441 e. The Balaban J connectivity index is 2.42. The number of halogens is 5. The first-order valence-corrected chi connectivity index (χ1v) is 5.83. The average molecular weight is 294 g/mol. The van der Waals surface area contributed by atoms with Crippen LogP contribution in [0.5, 0.6) is 0 Å². The predicted molar refractivity (Wildman–Crippen MR) is 61.3 cm³/mol. The van der Waals surface area contributed by atoms with Crippen LogP contribution in [-0.4, -0.2) is 10.9 Å². The van der Waals surface area contributed by atoms with E-state index in [1.54, 1.807) is 0 Å². The summed E-state index contributed by atoms with van der Waals surface area (Å²) in [5, 5.41) is 0. The number of aromatic nitrogens is 1. The van der Waals surface area contributed by atoms with Crippen molar-refractivity contribution in [1.29, 1.82) is 0 Å². The number of hydrogen-bond donors (Lipinski definition) is 0. The number of rotatable bonds is 3. The molecule has 0 N–H and O–H groups in total. The van der Waals surface area contributed by atoms with Crippen molar-refractivity contribution in [1.82, 2.24) is 4.98 Å². The van der Waals surface area contributed by atoms with E-state index in [0.717, 1.165) is 6.07 Å². The molecule has 1 aromatic heterocycles. The highest BCUT2D eigenvalue weighted by Crippen LogP contribution is 2.33. The van der Waals surface area contributed by atoms with E-state index in [2.05, 4.69) is 4.98 Å². The first kappa shape index (κ1) is 13.9. The molecule has 0 fully saturated rings. The zero-order valence-corrected chi connectivity index (χ0v) is 10.2. The summed E-state index contributed by atoms with van der Waals surface area (Å²) in [4.78, 5) is 3.82. The number of alkyl halides is 4. The predicted octanol–water partition coefficient (Wildman–Crippen LogP) is 4.28. The lowest BCUT2D eigenvalue weighted by Gasteiger charge is -2.08. The topological polar surface area (TPSA) is 26.0 Å². The Morgan fingerprint density at radius 3 is 2.63 bits per heavy atom. The van der Waals surface area contributed by atoms with E-state index in [1.165, 1.54) is 6.20 Å². The summed E-state index contributed by atoms with van der Waals surface area (Å²) in [6, 6.07) is 2.12. The molecule has 7 heteroatoms. The Kier molecular flexibility index (Phi) is 3.80. The summed E-state index contributed by atoms with van der Waals surface area (Å²) in [7, 11) is 0. The van der Waals surface area contributed by atoms with Gasteiger partial charge in [0.15, 0.2) is 11.7 Å². The van der Waals surface area contributed by atoms with Crippen LogP contribution in [0.15, 0.2) is 28.8 Å². The van der Waals surface area contributed by atoms with Crippen molar-refractivity contribution in [2.45, 2.75) is 12.6 Å². The minimum atomic E-state index is -4.54. The van der Waals surface area contributed by atoms with Crippen molar-refractivity contribution >= 4 is 11.6 Å². The van der Waals surface area contributed by atoms with Crippen molar-refractivity contribution in [3.05, 3.63) is 41.7 Å². The number of benzene rings is 1. The molecule has 1 aromatic carbocycles. The van der Waals surface area contributed by atoms with Crippen LogP contribution in [0.25, 0.3) is 11.3 Å². The van der Waals surface area contributed by atoms with E-state index in [4.69, 9.17) is 16.0 Å². The van der Waals surface area contributed by atoms with Crippen LogP contribution in [0.1, 0.15) is 11.5 Å². The van der Waals surface area contributed by atoms with Crippen LogP contribution in [0, 0.1) is 5.82 Å². The van der Waals surface area contributed by atoms with Gasteiger partial charge in [-0.3, -0.25) is 0 Å². The van der Waals surface area contributed by atoms with Crippen LogP contribution >= 0.6 is 11.6 Å². The van der Waals surface area contributed by atoms with Crippen LogP contribution in [0.4, 0.5) is 17.6 Å². The summed E-state index contributed by atoms with van der Waals surface area (Å²) in [6.07, 6.45) is -3.04. The normalized spacial score (nSPS) is 11.8. The van der Waals surface area contributed by atoms with Gasteiger partial charge in [0.2, 0.25) is 0 Å². The van der Waals surface area contributed by atoms with Gasteiger partial charge < -0.3 is 4.42 Å². The zero-order chi connectivity index (χ0) is 14.0. The van der Waals surface area contributed by atoms with Gasteiger partial charge in [-0.05, 0) is 18.2 Å². The molecule has 0 unspecified atom stereocenters. The highest BCUT2D eigenvalue weighted by atomic mass is 35.5. The smallest absolute Gasteiger partial charge is 0.416 e. The molecule has 0 aliphatic heterocycles. The fourth-order valence-corrected chi connectivity index (χ4v) is 1.68. The molecule has 2 nitrogen and oxygen atoms in total. The van der Waals surface area contributed by atoms with Gasteiger partial charge in [0.25, 0.3) is 0 Å². The van der Waals surface area contributed by atoms with Gasteiger partial charge in [-0.2, -0.15) is 13.2 Å². The molecule has 0 bridgehead atoms. The number of nitrogens with zero attached hydrogens (tertiary/aromatic N) is 1. The van der Waals surface area contributed by atoms with E-state index in [0.29, 0.717) is 18.6 Å². The van der Waals surface area contributed by atoms with Gasteiger partial charge in [0.05, 0.1) is 17.3 Å². The fraction of sp³-hybridized carbons (Fsp3) is 0.250. The first-order chi connectivity index (χ1) is 8.91. The molecule has 19 heavy (non-hydrogen) atoms. The Bertz CT molecular complexity index is 579. The van der Waals surface area contributed by atoms with E-state index >= 15 is 0 Å². The molecule has 0 amide bonds. The lowest BCUT2D eigenvalue weighted by Crippen LogP contribution is -2.05. The van der Waals surface area contributed by atoms with Gasteiger partial charge in [-0.1, -0.05) is 0 Å². The molecule has 0 atom stereocenters. The Morgan fingerprint density at radius 1 is 1.26 bits per heavy atom. The molecule has 1 heterocycles. The van der Waals surface area contributed by atoms with Gasteiger partial charge in [-0.25, -0.2) is 9.37 Å². The van der Waals surface area contributed by atoms with E-state index in [1.807, 2.05) is 0 Å². The summed E-state index contributed by atoms with van der Waals surface area (Å²) in [5.41, 5.74) is -1.22. The zero-order valence-electron chi connectivity index (χ0n) is 9.47.